The van der Waals surface area contributed by atoms with Gasteiger partial charge >= 0.3 is 5.97 Å². The van der Waals surface area contributed by atoms with Gasteiger partial charge in [-0.1, -0.05) is 0 Å². The van der Waals surface area contributed by atoms with Gasteiger partial charge in [0.15, 0.2) is 0 Å². The molecule has 0 saturated heterocycles. The first kappa shape index (κ1) is 9.47. The predicted octanol–water partition coefficient (Wildman–Crippen LogP) is 0.898. The van der Waals surface area contributed by atoms with Gasteiger partial charge in [-0.05, 0) is 18.2 Å². The van der Waals surface area contributed by atoms with E-state index in [9.17, 15) is 9.18 Å². The Bertz CT molecular complexity index is 328. The Balaban J connectivity index is 3.11. The summed E-state index contributed by atoms with van der Waals surface area (Å²) in [5.41, 5.74) is 2.60. The number of rotatable bonds is 2. The van der Waals surface area contributed by atoms with Crippen LogP contribution >= 0.6 is 0 Å². The largest absolute Gasteiger partial charge is 0.465 e. The molecular formula is C8H9FN2O2. The molecule has 0 heterocycles. The summed E-state index contributed by atoms with van der Waals surface area (Å²) in [6.07, 6.45) is 0. The van der Waals surface area contributed by atoms with E-state index in [1.165, 1.54) is 19.2 Å². The first-order chi connectivity index (χ1) is 6.19. The van der Waals surface area contributed by atoms with Crippen molar-refractivity contribution in [1.29, 1.82) is 0 Å². The van der Waals surface area contributed by atoms with Crippen molar-refractivity contribution in [2.24, 2.45) is 5.84 Å². The summed E-state index contributed by atoms with van der Waals surface area (Å²) >= 11 is 0. The highest BCUT2D eigenvalue weighted by atomic mass is 19.1. The van der Waals surface area contributed by atoms with E-state index in [4.69, 9.17) is 5.84 Å². The van der Waals surface area contributed by atoms with Gasteiger partial charge in [0.2, 0.25) is 0 Å². The van der Waals surface area contributed by atoms with Crippen LogP contribution < -0.4 is 11.3 Å². The molecule has 0 aliphatic carbocycles. The molecule has 0 saturated carbocycles. The molecule has 0 atom stereocenters. The van der Waals surface area contributed by atoms with Crippen LogP contribution in [0.25, 0.3) is 0 Å². The number of carbonyl (C=O) groups excluding carboxylic acids is 1. The minimum Gasteiger partial charge on any atom is -0.465 e. The van der Waals surface area contributed by atoms with Gasteiger partial charge in [0, 0.05) is 5.69 Å². The normalized spacial score (nSPS) is 9.46. The Hall–Kier alpha value is -1.62. The molecule has 70 valence electrons. The lowest BCUT2D eigenvalue weighted by Gasteiger charge is -2.03. The molecule has 0 unspecified atom stereocenters. The number of anilines is 1. The summed E-state index contributed by atoms with van der Waals surface area (Å²) in [7, 11) is 1.18. The molecule has 3 N–H and O–H groups in total. The quantitative estimate of drug-likeness (QED) is 0.407. The van der Waals surface area contributed by atoms with E-state index in [1.54, 1.807) is 0 Å². The van der Waals surface area contributed by atoms with Crippen LogP contribution in [-0.2, 0) is 4.74 Å². The monoisotopic (exact) mass is 184 g/mol. The smallest absolute Gasteiger partial charge is 0.340 e. The lowest BCUT2D eigenvalue weighted by atomic mass is 10.2. The van der Waals surface area contributed by atoms with E-state index in [-0.39, 0.29) is 5.56 Å². The predicted molar refractivity (Wildman–Crippen MR) is 45.5 cm³/mol. The molecule has 1 aromatic rings. The Labute approximate surface area is 74.5 Å². The van der Waals surface area contributed by atoms with E-state index >= 15 is 0 Å². The Kier molecular flexibility index (Phi) is 2.81. The van der Waals surface area contributed by atoms with Crippen molar-refractivity contribution in [1.82, 2.24) is 0 Å². The van der Waals surface area contributed by atoms with Crippen molar-refractivity contribution < 1.29 is 13.9 Å². The number of methoxy groups -OCH3 is 1. The maximum Gasteiger partial charge on any atom is 0.340 e. The minimum atomic E-state index is -0.727. The van der Waals surface area contributed by atoms with Crippen LogP contribution in [0.3, 0.4) is 0 Å². The Morgan fingerprint density at radius 3 is 2.85 bits per heavy atom. The third-order valence-corrected chi connectivity index (χ3v) is 1.54. The third kappa shape index (κ3) is 1.94. The Morgan fingerprint density at radius 1 is 1.62 bits per heavy atom. The van der Waals surface area contributed by atoms with Crippen LogP contribution in [0.2, 0.25) is 0 Å². The molecule has 5 heteroatoms. The summed E-state index contributed by atoms with van der Waals surface area (Å²) in [5, 5.41) is 0. The average Bonchev–Trinajstić information content (AvgIpc) is 2.17. The second-order valence-corrected chi connectivity index (χ2v) is 2.33. The van der Waals surface area contributed by atoms with Gasteiger partial charge in [0.25, 0.3) is 0 Å². The zero-order valence-electron chi connectivity index (χ0n) is 7.00. The summed E-state index contributed by atoms with van der Waals surface area (Å²) < 4.78 is 17.3. The second-order valence-electron chi connectivity index (χ2n) is 2.33. The van der Waals surface area contributed by atoms with Crippen LogP contribution in [0.5, 0.6) is 0 Å². The molecule has 0 aliphatic rings. The maximum absolute atomic E-state index is 13.0. The van der Waals surface area contributed by atoms with Crippen LogP contribution in [0.4, 0.5) is 10.1 Å². The fourth-order valence-corrected chi connectivity index (χ4v) is 0.881. The number of carbonyl (C=O) groups is 1. The molecule has 1 aromatic carbocycles. The van der Waals surface area contributed by atoms with Crippen molar-refractivity contribution in [3.05, 3.63) is 29.6 Å². The SMILES string of the molecule is COC(=O)c1cc(NN)ccc1F. The maximum atomic E-state index is 13.0. The van der Waals surface area contributed by atoms with Gasteiger partial charge in [-0.25, -0.2) is 9.18 Å². The zero-order valence-corrected chi connectivity index (χ0v) is 7.00. The zero-order chi connectivity index (χ0) is 9.84. The van der Waals surface area contributed by atoms with Crippen molar-refractivity contribution in [2.45, 2.75) is 0 Å². The average molecular weight is 184 g/mol. The standard InChI is InChI=1S/C8H9FN2O2/c1-13-8(12)6-4-5(11-10)2-3-7(6)9/h2-4,11H,10H2,1H3. The molecule has 0 amide bonds. The summed E-state index contributed by atoms with van der Waals surface area (Å²) in [5.74, 6) is 3.73. The lowest BCUT2D eigenvalue weighted by molar-refractivity contribution is 0.0595. The molecule has 0 spiro atoms. The number of halogens is 1. The van der Waals surface area contributed by atoms with Crippen LogP contribution in [-0.4, -0.2) is 13.1 Å². The molecule has 0 aliphatic heterocycles. The molecule has 1 rings (SSSR count). The minimum absolute atomic E-state index is 0.141. The fourth-order valence-electron chi connectivity index (χ4n) is 0.881. The molecule has 13 heavy (non-hydrogen) atoms. The molecule has 0 aromatic heterocycles. The van der Waals surface area contributed by atoms with Crippen molar-refractivity contribution in [2.75, 3.05) is 12.5 Å². The van der Waals surface area contributed by atoms with Gasteiger partial charge in [0.05, 0.1) is 12.7 Å². The number of esters is 1. The molecule has 0 fully saturated rings. The van der Waals surface area contributed by atoms with Crippen LogP contribution in [0.15, 0.2) is 18.2 Å². The summed E-state index contributed by atoms with van der Waals surface area (Å²) in [4.78, 5) is 11.0. The first-order valence-electron chi connectivity index (χ1n) is 3.53. The molecule has 0 bridgehead atoms. The van der Waals surface area contributed by atoms with Gasteiger partial charge < -0.3 is 10.2 Å². The number of nitrogens with two attached hydrogens (primary N) is 1. The highest BCUT2D eigenvalue weighted by Crippen LogP contribution is 2.14. The fraction of sp³-hybridized carbons (Fsp3) is 0.125. The van der Waals surface area contributed by atoms with E-state index in [0.717, 1.165) is 6.07 Å². The van der Waals surface area contributed by atoms with Crippen LogP contribution in [0, 0.1) is 5.82 Å². The number of hydrazine groups is 1. The highest BCUT2D eigenvalue weighted by Gasteiger charge is 2.11. The van der Waals surface area contributed by atoms with Gasteiger partial charge in [0.1, 0.15) is 5.82 Å². The molecular weight excluding hydrogens is 175 g/mol. The van der Waals surface area contributed by atoms with E-state index in [0.29, 0.717) is 5.69 Å². The molecule has 4 nitrogen and oxygen atoms in total. The summed E-state index contributed by atoms with van der Waals surface area (Å²) in [6, 6.07) is 3.84. The van der Waals surface area contributed by atoms with E-state index < -0.39 is 11.8 Å². The summed E-state index contributed by atoms with van der Waals surface area (Å²) in [6.45, 7) is 0. The van der Waals surface area contributed by atoms with E-state index in [2.05, 4.69) is 10.2 Å². The van der Waals surface area contributed by atoms with Gasteiger partial charge in [-0.2, -0.15) is 0 Å². The topological polar surface area (TPSA) is 64.3 Å². The lowest BCUT2D eigenvalue weighted by Crippen LogP contribution is -2.10. The number of ether oxygens (including phenoxy) is 1. The van der Waals surface area contributed by atoms with Crippen molar-refractivity contribution in [3.63, 3.8) is 0 Å². The third-order valence-electron chi connectivity index (χ3n) is 1.54. The number of hydrogen-bond donors (Lipinski definition) is 2. The van der Waals surface area contributed by atoms with Crippen LogP contribution in [0.1, 0.15) is 10.4 Å². The van der Waals surface area contributed by atoms with Crippen molar-refractivity contribution >= 4 is 11.7 Å². The first-order valence-corrected chi connectivity index (χ1v) is 3.53. The van der Waals surface area contributed by atoms with E-state index in [1.807, 2.05) is 0 Å². The number of benzene rings is 1. The number of hydrogen-bond acceptors (Lipinski definition) is 4. The van der Waals surface area contributed by atoms with Gasteiger partial charge in [-0.3, -0.25) is 5.84 Å². The number of nitrogen functional groups attached to an aromatic ring is 1. The second kappa shape index (κ2) is 3.86. The molecule has 0 radical (unpaired) electrons. The number of nitrogens with one attached hydrogen (secondary N) is 1. The highest BCUT2D eigenvalue weighted by molar-refractivity contribution is 5.90. The Morgan fingerprint density at radius 2 is 2.31 bits per heavy atom. The van der Waals surface area contributed by atoms with Crippen molar-refractivity contribution in [3.8, 4) is 0 Å². The van der Waals surface area contributed by atoms with Gasteiger partial charge in [-0.15, -0.1) is 0 Å².